The van der Waals surface area contributed by atoms with Crippen molar-refractivity contribution in [2.24, 2.45) is 5.92 Å². The third kappa shape index (κ3) is 6.21. The molecule has 1 aliphatic rings. The van der Waals surface area contributed by atoms with Crippen molar-refractivity contribution in [2.75, 3.05) is 0 Å². The Morgan fingerprint density at radius 3 is 2.57 bits per heavy atom. The first-order valence-corrected chi connectivity index (χ1v) is 12.4. The fourth-order valence-corrected chi connectivity index (χ4v) is 4.96. The van der Waals surface area contributed by atoms with Gasteiger partial charge >= 0.3 is 6.18 Å². The molecule has 2 aromatic heterocycles. The van der Waals surface area contributed by atoms with Crippen LogP contribution in [0.5, 0.6) is 0 Å². The van der Waals surface area contributed by atoms with Crippen LogP contribution in [-0.4, -0.2) is 25.1 Å². The molecule has 4 rings (SSSR count). The molecule has 2 heterocycles. The minimum Gasteiger partial charge on any atom is -0.335 e. The first-order chi connectivity index (χ1) is 16.7. The van der Waals surface area contributed by atoms with E-state index in [1.54, 1.807) is 6.20 Å². The number of alkyl halides is 3. The molecule has 35 heavy (non-hydrogen) atoms. The zero-order valence-corrected chi connectivity index (χ0v) is 20.4. The highest BCUT2D eigenvalue weighted by atomic mass is 19.4. The number of aryl methyl sites for hydroxylation is 1. The van der Waals surface area contributed by atoms with Gasteiger partial charge in [-0.25, -0.2) is 4.98 Å². The molecule has 0 saturated carbocycles. The van der Waals surface area contributed by atoms with Crippen LogP contribution in [0.4, 0.5) is 13.2 Å². The highest BCUT2D eigenvalue weighted by Crippen LogP contribution is 2.36. The second-order valence-electron chi connectivity index (χ2n) is 9.93. The van der Waals surface area contributed by atoms with E-state index < -0.39 is 11.9 Å². The van der Waals surface area contributed by atoms with Gasteiger partial charge in [0.2, 0.25) is 0 Å². The summed E-state index contributed by atoms with van der Waals surface area (Å²) in [5.74, 6) is 1.09. The topological polar surface area (TPSA) is 52.7 Å². The van der Waals surface area contributed by atoms with Crippen LogP contribution >= 0.6 is 0 Å². The highest BCUT2D eigenvalue weighted by molar-refractivity contribution is 5.79. The van der Waals surface area contributed by atoms with Crippen molar-refractivity contribution < 1.29 is 18.0 Å². The number of imidazole rings is 1. The largest absolute Gasteiger partial charge is 0.435 e. The van der Waals surface area contributed by atoms with Crippen molar-refractivity contribution >= 4 is 5.78 Å². The van der Waals surface area contributed by atoms with Crippen molar-refractivity contribution in [3.63, 3.8) is 0 Å². The molecule has 0 radical (unpaired) electrons. The standard InChI is InChI=1S/C27H33F3N4O/c1-19(2)12-14-33-15-13-31-26(33)21(16-20-8-4-3-5-9-20)17-22(35)18-34-24-11-7-6-10-23(24)25(32-34)27(28,29)30/h3-5,8-9,13,15,19,21H,6-7,10-12,14,16-18H2,1-2H3/t21-/m1/s1. The van der Waals surface area contributed by atoms with Crippen LogP contribution in [-0.2, 0) is 43.3 Å². The molecule has 8 heteroatoms. The molecule has 0 spiro atoms. The number of rotatable bonds is 10. The quantitative estimate of drug-likeness (QED) is 0.353. The van der Waals surface area contributed by atoms with Crippen molar-refractivity contribution in [2.45, 2.75) is 84.0 Å². The van der Waals surface area contributed by atoms with Gasteiger partial charge in [0.15, 0.2) is 11.5 Å². The van der Waals surface area contributed by atoms with Gasteiger partial charge in [-0.15, -0.1) is 0 Å². The number of nitrogens with zero attached hydrogens (tertiary/aromatic N) is 4. The monoisotopic (exact) mass is 486 g/mol. The first kappa shape index (κ1) is 25.2. The number of carbonyl (C=O) groups excluding carboxylic acids is 1. The number of carbonyl (C=O) groups is 1. The summed E-state index contributed by atoms with van der Waals surface area (Å²) < 4.78 is 44.1. The predicted octanol–water partition coefficient (Wildman–Crippen LogP) is 6.01. The van der Waals surface area contributed by atoms with E-state index in [1.807, 2.05) is 36.5 Å². The summed E-state index contributed by atoms with van der Waals surface area (Å²) >= 11 is 0. The van der Waals surface area contributed by atoms with Crippen LogP contribution in [0.3, 0.4) is 0 Å². The summed E-state index contributed by atoms with van der Waals surface area (Å²) in [6, 6.07) is 9.94. The third-order valence-electron chi connectivity index (χ3n) is 6.71. The Bertz CT molecular complexity index is 1130. The fourth-order valence-electron chi connectivity index (χ4n) is 4.96. The van der Waals surface area contributed by atoms with Crippen LogP contribution in [0.15, 0.2) is 42.7 Å². The molecule has 0 fully saturated rings. The zero-order valence-electron chi connectivity index (χ0n) is 20.4. The number of hydrogen-bond acceptors (Lipinski definition) is 3. The van der Waals surface area contributed by atoms with E-state index in [4.69, 9.17) is 0 Å². The van der Waals surface area contributed by atoms with Gasteiger partial charge in [-0.1, -0.05) is 44.2 Å². The van der Waals surface area contributed by atoms with Gasteiger partial charge in [0.05, 0.1) is 6.54 Å². The maximum atomic E-state index is 13.6. The van der Waals surface area contributed by atoms with Crippen LogP contribution in [0.2, 0.25) is 0 Å². The number of ketones is 1. The van der Waals surface area contributed by atoms with E-state index in [2.05, 4.69) is 28.5 Å². The number of halogens is 3. The predicted molar refractivity (Wildman–Crippen MR) is 128 cm³/mol. The summed E-state index contributed by atoms with van der Waals surface area (Å²) in [5.41, 5.74) is 1.10. The maximum Gasteiger partial charge on any atom is 0.435 e. The van der Waals surface area contributed by atoms with Gasteiger partial charge in [0.1, 0.15) is 5.82 Å². The van der Waals surface area contributed by atoms with E-state index in [0.717, 1.165) is 30.8 Å². The molecule has 5 nitrogen and oxygen atoms in total. The minimum absolute atomic E-state index is 0.131. The Balaban J connectivity index is 1.57. The lowest BCUT2D eigenvalue weighted by molar-refractivity contribution is -0.142. The van der Waals surface area contributed by atoms with Crippen LogP contribution in [0.25, 0.3) is 0 Å². The van der Waals surface area contributed by atoms with Crippen molar-refractivity contribution in [3.05, 3.63) is 71.1 Å². The Hall–Kier alpha value is -2.90. The summed E-state index contributed by atoms with van der Waals surface area (Å²) in [4.78, 5) is 17.8. The molecule has 1 aromatic carbocycles. The average molecular weight is 487 g/mol. The smallest absolute Gasteiger partial charge is 0.335 e. The number of fused-ring (bicyclic) bond motifs is 1. The number of hydrogen-bond donors (Lipinski definition) is 0. The zero-order chi connectivity index (χ0) is 25.0. The lowest BCUT2D eigenvalue weighted by atomic mass is 9.93. The Labute approximate surface area is 204 Å². The summed E-state index contributed by atoms with van der Waals surface area (Å²) in [6.45, 7) is 5.01. The van der Waals surface area contributed by atoms with Gasteiger partial charge in [-0.2, -0.15) is 18.3 Å². The summed E-state index contributed by atoms with van der Waals surface area (Å²) in [5, 5.41) is 3.87. The van der Waals surface area contributed by atoms with E-state index >= 15 is 0 Å². The molecular weight excluding hydrogens is 453 g/mol. The Morgan fingerprint density at radius 2 is 1.86 bits per heavy atom. The lowest BCUT2D eigenvalue weighted by Crippen LogP contribution is -2.21. The number of aromatic nitrogens is 4. The SMILES string of the molecule is CC(C)CCn1ccnc1[C@@H](CC(=O)Cn1nc(C(F)(F)F)c2c1CCCC2)Cc1ccccc1. The number of benzene rings is 1. The molecule has 0 aliphatic heterocycles. The molecule has 0 unspecified atom stereocenters. The van der Waals surface area contributed by atoms with Crippen molar-refractivity contribution in [1.82, 2.24) is 19.3 Å². The van der Waals surface area contributed by atoms with Crippen molar-refractivity contribution in [3.8, 4) is 0 Å². The summed E-state index contributed by atoms with van der Waals surface area (Å²) in [6.07, 6.45) is 3.45. The molecule has 0 saturated heterocycles. The van der Waals surface area contributed by atoms with Gasteiger partial charge in [0.25, 0.3) is 0 Å². The average Bonchev–Trinajstić information content (AvgIpc) is 3.43. The molecule has 188 valence electrons. The normalized spacial score (nSPS) is 14.8. The van der Waals surface area contributed by atoms with E-state index in [0.29, 0.717) is 37.3 Å². The van der Waals surface area contributed by atoms with Crippen LogP contribution in [0.1, 0.15) is 73.8 Å². The Kier molecular flexibility index (Phi) is 7.77. The minimum atomic E-state index is -4.51. The van der Waals surface area contributed by atoms with Crippen molar-refractivity contribution in [1.29, 1.82) is 0 Å². The molecular formula is C27H33F3N4O. The maximum absolute atomic E-state index is 13.6. The molecule has 0 N–H and O–H groups in total. The lowest BCUT2D eigenvalue weighted by Gasteiger charge is -2.19. The molecule has 1 aliphatic carbocycles. The summed E-state index contributed by atoms with van der Waals surface area (Å²) in [7, 11) is 0. The van der Waals surface area contributed by atoms with Gasteiger partial charge < -0.3 is 4.57 Å². The Morgan fingerprint density at radius 1 is 1.11 bits per heavy atom. The van der Waals surface area contributed by atoms with Gasteiger partial charge in [-0.3, -0.25) is 9.48 Å². The van der Waals surface area contributed by atoms with E-state index in [-0.39, 0.29) is 30.2 Å². The first-order valence-electron chi connectivity index (χ1n) is 12.4. The number of Topliss-reactive ketones (excluding diaryl/α,β-unsaturated/α-hetero) is 1. The third-order valence-corrected chi connectivity index (χ3v) is 6.71. The van der Waals surface area contributed by atoms with Gasteiger partial charge in [0, 0.05) is 42.5 Å². The van der Waals surface area contributed by atoms with E-state index in [1.165, 1.54) is 4.68 Å². The van der Waals surface area contributed by atoms with E-state index in [9.17, 15) is 18.0 Å². The van der Waals surface area contributed by atoms with Gasteiger partial charge in [-0.05, 0) is 50.0 Å². The second-order valence-corrected chi connectivity index (χ2v) is 9.93. The second kappa shape index (κ2) is 10.8. The van der Waals surface area contributed by atoms with Crippen LogP contribution < -0.4 is 0 Å². The molecule has 0 bridgehead atoms. The highest BCUT2D eigenvalue weighted by Gasteiger charge is 2.39. The van der Waals surface area contributed by atoms with Crippen LogP contribution in [0, 0.1) is 5.92 Å². The molecule has 3 aromatic rings. The molecule has 1 atom stereocenters. The molecule has 0 amide bonds. The fraction of sp³-hybridized carbons (Fsp3) is 0.519.